The molecule has 0 atom stereocenters. The van der Waals surface area contributed by atoms with E-state index in [0.717, 1.165) is 53.6 Å². The Morgan fingerprint density at radius 1 is 0.967 bits per heavy atom. The van der Waals surface area contributed by atoms with Gasteiger partial charge in [0.05, 0.1) is 12.1 Å². The zero-order valence-corrected chi connectivity index (χ0v) is 16.8. The number of nitrogens with one attached hydrogen (secondary N) is 2. The summed E-state index contributed by atoms with van der Waals surface area (Å²) in [4.78, 5) is 15.1. The third-order valence-electron chi connectivity index (χ3n) is 5.76. The van der Waals surface area contributed by atoms with E-state index in [-0.39, 0.29) is 5.91 Å². The molecule has 0 bridgehead atoms. The Bertz CT molecular complexity index is 1180. The van der Waals surface area contributed by atoms with Gasteiger partial charge in [0, 0.05) is 25.2 Å². The molecule has 1 amide bonds. The molecule has 0 aliphatic carbocycles. The second-order valence-electron chi connectivity index (χ2n) is 7.84. The van der Waals surface area contributed by atoms with Crippen molar-refractivity contribution < 1.29 is 4.79 Å². The van der Waals surface area contributed by atoms with Crippen LogP contribution >= 0.6 is 0 Å². The van der Waals surface area contributed by atoms with Crippen LogP contribution in [0.3, 0.4) is 0 Å². The Kier molecular flexibility index (Phi) is 5.03. The zero-order chi connectivity index (χ0) is 20.3. The van der Waals surface area contributed by atoms with Crippen LogP contribution in [0.2, 0.25) is 0 Å². The summed E-state index contributed by atoms with van der Waals surface area (Å²) in [6.07, 6.45) is 1.35. The van der Waals surface area contributed by atoms with E-state index >= 15 is 0 Å². The summed E-state index contributed by atoms with van der Waals surface area (Å²) in [5, 5.41) is 12.7. The largest absolute Gasteiger partial charge is 0.309 e. The van der Waals surface area contributed by atoms with Crippen LogP contribution in [0.15, 0.2) is 72.8 Å². The van der Waals surface area contributed by atoms with Crippen LogP contribution in [0.4, 0.5) is 5.82 Å². The van der Waals surface area contributed by atoms with Crippen molar-refractivity contribution in [2.24, 2.45) is 0 Å². The average molecular weight is 396 g/mol. The Morgan fingerprint density at radius 2 is 1.77 bits per heavy atom. The average Bonchev–Trinajstić information content (AvgIpc) is 3.35. The third-order valence-corrected chi connectivity index (χ3v) is 5.76. The van der Waals surface area contributed by atoms with E-state index in [9.17, 15) is 4.79 Å². The van der Waals surface area contributed by atoms with Crippen LogP contribution in [0.1, 0.15) is 22.4 Å². The predicted octanol–water partition coefficient (Wildman–Crippen LogP) is 4.30. The van der Waals surface area contributed by atoms with Crippen molar-refractivity contribution in [2.45, 2.75) is 25.9 Å². The fourth-order valence-electron chi connectivity index (χ4n) is 4.19. The fraction of sp³-hybridized carbons (Fsp3) is 0.200. The van der Waals surface area contributed by atoms with Crippen LogP contribution in [0.5, 0.6) is 0 Å². The van der Waals surface area contributed by atoms with Gasteiger partial charge < -0.3 is 5.32 Å². The number of H-pyrrole nitrogens is 1. The number of amides is 1. The quantitative estimate of drug-likeness (QED) is 0.511. The maximum atomic E-state index is 12.7. The second kappa shape index (κ2) is 8.13. The molecular formula is C25H24N4O. The first-order valence-corrected chi connectivity index (χ1v) is 10.3. The number of rotatable bonds is 6. The molecule has 2 heterocycles. The van der Waals surface area contributed by atoms with Crippen molar-refractivity contribution >= 4 is 22.5 Å². The van der Waals surface area contributed by atoms with Crippen LogP contribution in [0, 0.1) is 0 Å². The van der Waals surface area contributed by atoms with E-state index in [1.807, 2.05) is 30.3 Å². The van der Waals surface area contributed by atoms with E-state index in [0.29, 0.717) is 12.2 Å². The van der Waals surface area contributed by atoms with Crippen molar-refractivity contribution in [3.63, 3.8) is 0 Å². The molecule has 150 valence electrons. The molecule has 5 heteroatoms. The second-order valence-corrected chi connectivity index (χ2v) is 7.84. The SMILES string of the molecule is O=C(Cc1cccc2ccccc12)Nc1n[nH]c2c1CN(CCc1ccccc1)C2. The highest BCUT2D eigenvalue weighted by Crippen LogP contribution is 2.27. The summed E-state index contributed by atoms with van der Waals surface area (Å²) >= 11 is 0. The molecule has 0 unspecified atom stereocenters. The lowest BCUT2D eigenvalue weighted by molar-refractivity contribution is -0.115. The molecule has 0 spiro atoms. The van der Waals surface area contributed by atoms with E-state index in [1.165, 1.54) is 5.56 Å². The van der Waals surface area contributed by atoms with Gasteiger partial charge in [-0.1, -0.05) is 72.8 Å². The predicted molar refractivity (Wildman–Crippen MR) is 119 cm³/mol. The minimum atomic E-state index is -0.0385. The standard InChI is InChI=1S/C25H24N4O/c30-24(15-20-11-6-10-19-9-4-5-12-21(19)20)26-25-22-16-29(17-23(22)27-28-25)14-13-18-7-2-1-3-8-18/h1-12H,13-17H2,(H2,26,27,28,30). The first kappa shape index (κ1) is 18.6. The molecular weight excluding hydrogens is 372 g/mol. The Labute approximate surface area is 175 Å². The van der Waals surface area contributed by atoms with Crippen molar-refractivity contribution in [1.29, 1.82) is 0 Å². The normalized spacial score (nSPS) is 13.5. The number of hydrogen-bond donors (Lipinski definition) is 2. The van der Waals surface area contributed by atoms with E-state index in [4.69, 9.17) is 0 Å². The number of fused-ring (bicyclic) bond motifs is 2. The molecule has 1 aliphatic heterocycles. The minimum absolute atomic E-state index is 0.0385. The summed E-state index contributed by atoms with van der Waals surface area (Å²) in [5.41, 5.74) is 4.58. The number of hydrogen-bond acceptors (Lipinski definition) is 3. The Hall–Kier alpha value is -3.44. The summed E-state index contributed by atoms with van der Waals surface area (Å²) in [6.45, 7) is 2.63. The van der Waals surface area contributed by atoms with Gasteiger partial charge in [-0.25, -0.2) is 0 Å². The topological polar surface area (TPSA) is 61.0 Å². The van der Waals surface area contributed by atoms with Crippen molar-refractivity contribution in [3.05, 3.63) is 95.2 Å². The third kappa shape index (κ3) is 3.84. The van der Waals surface area contributed by atoms with Gasteiger partial charge in [-0.3, -0.25) is 14.8 Å². The summed E-state index contributed by atoms with van der Waals surface area (Å²) in [7, 11) is 0. The molecule has 4 aromatic rings. The molecule has 1 aromatic heterocycles. The Balaban J connectivity index is 1.23. The van der Waals surface area contributed by atoms with Crippen LogP contribution in [-0.2, 0) is 30.7 Å². The highest BCUT2D eigenvalue weighted by molar-refractivity contribution is 5.96. The molecule has 0 radical (unpaired) electrons. The minimum Gasteiger partial charge on any atom is -0.309 e. The number of carbonyl (C=O) groups excluding carboxylic acids is 1. The summed E-state index contributed by atoms with van der Waals surface area (Å²) in [6, 6.07) is 24.8. The van der Waals surface area contributed by atoms with Gasteiger partial charge in [-0.15, -0.1) is 0 Å². The van der Waals surface area contributed by atoms with E-state index in [2.05, 4.69) is 62.9 Å². The van der Waals surface area contributed by atoms with E-state index in [1.54, 1.807) is 0 Å². The summed E-state index contributed by atoms with van der Waals surface area (Å²) < 4.78 is 0. The maximum absolute atomic E-state index is 12.7. The van der Waals surface area contributed by atoms with Crippen molar-refractivity contribution in [1.82, 2.24) is 15.1 Å². The highest BCUT2D eigenvalue weighted by atomic mass is 16.1. The highest BCUT2D eigenvalue weighted by Gasteiger charge is 2.25. The van der Waals surface area contributed by atoms with Gasteiger partial charge in [0.1, 0.15) is 0 Å². The molecule has 0 saturated carbocycles. The number of aromatic nitrogens is 2. The number of aromatic amines is 1. The molecule has 1 aliphatic rings. The van der Waals surface area contributed by atoms with Crippen LogP contribution in [0.25, 0.3) is 10.8 Å². The maximum Gasteiger partial charge on any atom is 0.230 e. The van der Waals surface area contributed by atoms with Gasteiger partial charge in [0.25, 0.3) is 0 Å². The first-order chi connectivity index (χ1) is 14.8. The molecule has 0 fully saturated rings. The van der Waals surface area contributed by atoms with Gasteiger partial charge in [0.2, 0.25) is 5.91 Å². The zero-order valence-electron chi connectivity index (χ0n) is 16.8. The Morgan fingerprint density at radius 3 is 2.67 bits per heavy atom. The molecule has 2 N–H and O–H groups in total. The molecule has 30 heavy (non-hydrogen) atoms. The molecule has 3 aromatic carbocycles. The molecule has 0 saturated heterocycles. The lowest BCUT2D eigenvalue weighted by Gasteiger charge is -2.15. The van der Waals surface area contributed by atoms with E-state index < -0.39 is 0 Å². The number of benzene rings is 3. The monoisotopic (exact) mass is 396 g/mol. The fourth-order valence-corrected chi connectivity index (χ4v) is 4.19. The smallest absolute Gasteiger partial charge is 0.230 e. The molecule has 5 nitrogen and oxygen atoms in total. The number of carbonyl (C=O) groups is 1. The number of anilines is 1. The van der Waals surface area contributed by atoms with Crippen molar-refractivity contribution in [2.75, 3.05) is 11.9 Å². The van der Waals surface area contributed by atoms with Crippen LogP contribution < -0.4 is 5.32 Å². The first-order valence-electron chi connectivity index (χ1n) is 10.3. The summed E-state index contributed by atoms with van der Waals surface area (Å²) in [5.74, 6) is 0.626. The van der Waals surface area contributed by atoms with Gasteiger partial charge >= 0.3 is 0 Å². The lowest BCUT2D eigenvalue weighted by Crippen LogP contribution is -2.21. The lowest BCUT2D eigenvalue weighted by atomic mass is 10.0. The number of nitrogens with zero attached hydrogens (tertiary/aromatic N) is 2. The van der Waals surface area contributed by atoms with Crippen LogP contribution in [-0.4, -0.2) is 27.5 Å². The molecule has 5 rings (SSSR count). The van der Waals surface area contributed by atoms with Gasteiger partial charge in [-0.05, 0) is 28.3 Å². The van der Waals surface area contributed by atoms with Gasteiger partial charge in [0.15, 0.2) is 5.82 Å². The van der Waals surface area contributed by atoms with Crippen molar-refractivity contribution in [3.8, 4) is 0 Å². The van der Waals surface area contributed by atoms with Gasteiger partial charge in [-0.2, -0.15) is 5.10 Å².